The Kier molecular flexibility index (Phi) is 6.89. The molecule has 2 nitrogen and oxygen atoms in total. The van der Waals surface area contributed by atoms with Gasteiger partial charge in [0, 0.05) is 0 Å². The molecule has 0 bridgehead atoms. The Bertz CT molecular complexity index is 353. The summed E-state index contributed by atoms with van der Waals surface area (Å²) >= 11 is -2.06. The van der Waals surface area contributed by atoms with Crippen LogP contribution in [0.25, 0.3) is 0 Å². The van der Waals surface area contributed by atoms with E-state index in [2.05, 4.69) is 55.4 Å². The number of rotatable bonds is 7. The van der Waals surface area contributed by atoms with Gasteiger partial charge in [-0.05, 0) is 0 Å². The van der Waals surface area contributed by atoms with E-state index in [0.717, 1.165) is 0 Å². The van der Waals surface area contributed by atoms with Gasteiger partial charge in [-0.2, -0.15) is 0 Å². The van der Waals surface area contributed by atoms with Gasteiger partial charge < -0.3 is 0 Å². The summed E-state index contributed by atoms with van der Waals surface area (Å²) < 4.78 is 14.0. The Balaban J connectivity index is 2.76. The van der Waals surface area contributed by atoms with Crippen molar-refractivity contribution in [1.82, 2.24) is 0 Å². The van der Waals surface area contributed by atoms with Crippen molar-refractivity contribution in [3.05, 3.63) is 9.56 Å². The Labute approximate surface area is 137 Å². The molecule has 0 N–H and O–H groups in total. The molecule has 0 amide bonds. The molecule has 0 atom stereocenters. The SMILES string of the molecule is CCCCCC/[C](=C/B1OC(C)(C)C(C)(C)O1)[Sn]([CH3])([CH3])[CH3]. The summed E-state index contributed by atoms with van der Waals surface area (Å²) in [4.78, 5) is 7.47. The van der Waals surface area contributed by atoms with Gasteiger partial charge in [0.15, 0.2) is 0 Å². The molecule has 0 aliphatic carbocycles. The Morgan fingerprint density at radius 2 is 1.48 bits per heavy atom. The van der Waals surface area contributed by atoms with Crippen molar-refractivity contribution >= 4 is 25.5 Å². The summed E-state index contributed by atoms with van der Waals surface area (Å²) in [5, 5.41) is 0. The van der Waals surface area contributed by atoms with Gasteiger partial charge in [-0.3, -0.25) is 0 Å². The molecule has 0 aromatic carbocycles. The first-order chi connectivity index (χ1) is 9.49. The van der Waals surface area contributed by atoms with Gasteiger partial charge in [0.1, 0.15) is 0 Å². The van der Waals surface area contributed by atoms with Crippen molar-refractivity contribution in [2.45, 2.75) is 92.7 Å². The van der Waals surface area contributed by atoms with E-state index in [1.807, 2.05) is 0 Å². The van der Waals surface area contributed by atoms with Crippen LogP contribution in [0.2, 0.25) is 14.8 Å². The van der Waals surface area contributed by atoms with Crippen LogP contribution in [-0.2, 0) is 9.31 Å². The van der Waals surface area contributed by atoms with E-state index in [4.69, 9.17) is 9.31 Å². The fourth-order valence-electron chi connectivity index (χ4n) is 2.57. The molecule has 1 rings (SSSR count). The van der Waals surface area contributed by atoms with Gasteiger partial charge in [0.2, 0.25) is 0 Å². The van der Waals surface area contributed by atoms with Crippen LogP contribution in [0.1, 0.15) is 66.7 Å². The average Bonchev–Trinajstić information content (AvgIpc) is 2.50. The molecule has 4 heteroatoms. The zero-order valence-electron chi connectivity index (χ0n) is 15.5. The molecule has 0 aromatic rings. The molecule has 0 saturated carbocycles. The normalized spacial score (nSPS) is 21.9. The molecule has 1 saturated heterocycles. The van der Waals surface area contributed by atoms with Crippen LogP contribution >= 0.6 is 0 Å². The topological polar surface area (TPSA) is 18.5 Å². The van der Waals surface area contributed by atoms with Crippen LogP contribution < -0.4 is 0 Å². The van der Waals surface area contributed by atoms with Crippen molar-refractivity contribution in [2.75, 3.05) is 0 Å². The van der Waals surface area contributed by atoms with Gasteiger partial charge in [-0.25, -0.2) is 0 Å². The maximum atomic E-state index is 6.15. The van der Waals surface area contributed by atoms with Crippen molar-refractivity contribution in [1.29, 1.82) is 0 Å². The van der Waals surface area contributed by atoms with Gasteiger partial charge in [-0.1, -0.05) is 0 Å². The van der Waals surface area contributed by atoms with E-state index in [-0.39, 0.29) is 18.3 Å². The number of hydrogen-bond donors (Lipinski definition) is 0. The van der Waals surface area contributed by atoms with Crippen molar-refractivity contribution < 1.29 is 9.31 Å². The number of unbranched alkanes of at least 4 members (excludes halogenated alkanes) is 3. The molecular weight excluding hydrogens is 366 g/mol. The van der Waals surface area contributed by atoms with Crippen LogP contribution in [0.4, 0.5) is 0 Å². The predicted molar refractivity (Wildman–Crippen MR) is 96.3 cm³/mol. The van der Waals surface area contributed by atoms with Crippen molar-refractivity contribution in [2.24, 2.45) is 0 Å². The molecule has 1 aliphatic heterocycles. The summed E-state index contributed by atoms with van der Waals surface area (Å²) in [6.45, 7) is 10.8. The zero-order valence-corrected chi connectivity index (χ0v) is 18.4. The number of allylic oxidation sites excluding steroid dienone is 1. The fourth-order valence-corrected chi connectivity index (χ4v) is 7.03. The summed E-state index contributed by atoms with van der Waals surface area (Å²) in [7, 11) is -0.160. The third kappa shape index (κ3) is 5.58. The average molecular weight is 401 g/mol. The second kappa shape index (κ2) is 7.40. The van der Waals surface area contributed by atoms with Crippen molar-refractivity contribution in [3.8, 4) is 0 Å². The summed E-state index contributed by atoms with van der Waals surface area (Å²) in [6.07, 6.45) is 6.55. The van der Waals surface area contributed by atoms with E-state index >= 15 is 0 Å². The second-order valence-electron chi connectivity index (χ2n) is 8.38. The summed E-state index contributed by atoms with van der Waals surface area (Å²) in [5.41, 5.74) is -0.455. The van der Waals surface area contributed by atoms with Crippen LogP contribution in [0.3, 0.4) is 0 Å². The van der Waals surface area contributed by atoms with Crippen LogP contribution in [-0.4, -0.2) is 36.7 Å². The molecule has 21 heavy (non-hydrogen) atoms. The Morgan fingerprint density at radius 3 is 1.90 bits per heavy atom. The van der Waals surface area contributed by atoms with E-state index < -0.39 is 18.4 Å². The second-order valence-corrected chi connectivity index (χ2v) is 23.1. The van der Waals surface area contributed by atoms with E-state index in [1.54, 1.807) is 3.59 Å². The van der Waals surface area contributed by atoms with E-state index in [0.29, 0.717) is 0 Å². The van der Waals surface area contributed by atoms with Gasteiger partial charge in [-0.15, -0.1) is 0 Å². The van der Waals surface area contributed by atoms with Gasteiger partial charge >= 0.3 is 137 Å². The van der Waals surface area contributed by atoms with Crippen molar-refractivity contribution in [3.63, 3.8) is 0 Å². The molecular formula is C17H35BO2Sn. The third-order valence-corrected chi connectivity index (χ3v) is 11.6. The molecule has 1 fully saturated rings. The monoisotopic (exact) mass is 402 g/mol. The minimum atomic E-state index is -2.06. The first-order valence-electron chi connectivity index (χ1n) is 8.56. The first kappa shape index (κ1) is 19.6. The third-order valence-electron chi connectivity index (χ3n) is 4.87. The molecule has 0 spiro atoms. The predicted octanol–water partition coefficient (Wildman–Crippen LogP) is 5.39. The molecule has 1 aliphatic rings. The standard InChI is InChI=1S/C14H26BO2.3CH3.Sn/c1-6-7-8-9-10-11-12-15-16-13(2,3)14(4,5)17-15;;;;/h12H,6-10H2,1-5H3;3*1H3;. The minimum absolute atomic E-state index is 0.160. The molecule has 0 unspecified atom stereocenters. The Morgan fingerprint density at radius 1 is 0.952 bits per heavy atom. The molecule has 0 radical (unpaired) electrons. The zero-order chi connectivity index (χ0) is 16.3. The maximum absolute atomic E-state index is 6.15. The summed E-state index contributed by atoms with van der Waals surface area (Å²) in [6, 6.07) is 0. The Hall–Kier alpha value is 0.524. The molecule has 0 aromatic heterocycles. The van der Waals surface area contributed by atoms with E-state index in [9.17, 15) is 0 Å². The fraction of sp³-hybridized carbons (Fsp3) is 0.882. The summed E-state index contributed by atoms with van der Waals surface area (Å²) in [5.74, 6) is 2.32. The quantitative estimate of drug-likeness (QED) is 0.421. The van der Waals surface area contributed by atoms with Gasteiger partial charge in [0.25, 0.3) is 0 Å². The van der Waals surface area contributed by atoms with Crippen LogP contribution in [0, 0.1) is 0 Å². The van der Waals surface area contributed by atoms with E-state index in [1.165, 1.54) is 32.1 Å². The molecule has 122 valence electrons. The first-order valence-corrected chi connectivity index (χ1v) is 18.6. The van der Waals surface area contributed by atoms with Gasteiger partial charge in [0.05, 0.1) is 0 Å². The number of hydrogen-bond acceptors (Lipinski definition) is 2. The van der Waals surface area contributed by atoms with Crippen LogP contribution in [0.15, 0.2) is 9.56 Å². The molecule has 1 heterocycles. The van der Waals surface area contributed by atoms with Crippen LogP contribution in [0.5, 0.6) is 0 Å².